The van der Waals surface area contributed by atoms with Crippen LogP contribution in [0.25, 0.3) is 0 Å². The van der Waals surface area contributed by atoms with Crippen molar-refractivity contribution in [1.82, 2.24) is 5.32 Å². The number of amides is 1. The number of sulfonamides is 1. The number of alkyl halides is 3. The second-order valence-corrected chi connectivity index (χ2v) is 12.1. The molecule has 0 saturated heterocycles. The van der Waals surface area contributed by atoms with Gasteiger partial charge in [-0.05, 0) is 75.8 Å². The third-order valence-corrected chi connectivity index (χ3v) is 9.25. The number of hydrogen-bond acceptors (Lipinski definition) is 4. The summed E-state index contributed by atoms with van der Waals surface area (Å²) in [5, 5.41) is 13.6. The van der Waals surface area contributed by atoms with Gasteiger partial charge >= 0.3 is 6.18 Å². The Kier molecular flexibility index (Phi) is 5.13. The lowest BCUT2D eigenvalue weighted by Crippen LogP contribution is -2.64. The molecule has 172 valence electrons. The topological polar surface area (TPSA) is 95.5 Å². The predicted octanol–water partition coefficient (Wildman–Crippen LogP) is 3.28. The molecule has 10 heteroatoms. The van der Waals surface area contributed by atoms with E-state index >= 15 is 0 Å². The molecule has 5 rings (SSSR count). The highest BCUT2D eigenvalue weighted by atomic mass is 32.2. The van der Waals surface area contributed by atoms with Crippen LogP contribution in [0.5, 0.6) is 0 Å². The van der Waals surface area contributed by atoms with E-state index in [1.807, 2.05) is 4.72 Å². The second-order valence-electron chi connectivity index (χ2n) is 9.85. The lowest BCUT2D eigenvalue weighted by molar-refractivity contribution is -0.147. The van der Waals surface area contributed by atoms with Crippen LogP contribution in [0.3, 0.4) is 0 Å². The van der Waals surface area contributed by atoms with Gasteiger partial charge in [-0.3, -0.25) is 9.52 Å². The average Bonchev–Trinajstić information content (AvgIpc) is 2.62. The number of benzene rings is 1. The quantitative estimate of drug-likeness (QED) is 0.629. The first-order valence-electron chi connectivity index (χ1n) is 10.4. The van der Waals surface area contributed by atoms with Gasteiger partial charge in [0, 0.05) is 6.04 Å². The van der Waals surface area contributed by atoms with Crippen LogP contribution in [0.4, 0.5) is 18.9 Å². The maximum absolute atomic E-state index is 13.3. The molecule has 0 heterocycles. The Morgan fingerprint density at radius 2 is 1.68 bits per heavy atom. The fourth-order valence-corrected chi connectivity index (χ4v) is 6.78. The highest BCUT2D eigenvalue weighted by Crippen LogP contribution is 2.55. The van der Waals surface area contributed by atoms with Crippen molar-refractivity contribution in [3.63, 3.8) is 0 Å². The number of halogens is 3. The molecule has 1 aromatic carbocycles. The van der Waals surface area contributed by atoms with Crippen molar-refractivity contribution in [3.05, 3.63) is 29.8 Å². The summed E-state index contributed by atoms with van der Waals surface area (Å²) in [6.07, 6.45) is -1.04. The summed E-state index contributed by atoms with van der Waals surface area (Å²) in [5.74, 6) is -0.169. The molecule has 0 spiro atoms. The van der Waals surface area contributed by atoms with E-state index < -0.39 is 43.7 Å². The molecule has 1 amide bonds. The van der Waals surface area contributed by atoms with Gasteiger partial charge in [-0.2, -0.15) is 13.2 Å². The lowest BCUT2D eigenvalue weighted by Gasteiger charge is -2.58. The first-order valence-corrected chi connectivity index (χ1v) is 11.9. The van der Waals surface area contributed by atoms with E-state index in [0.29, 0.717) is 18.8 Å². The molecular formula is C21H27F3N2O4S. The zero-order chi connectivity index (χ0) is 22.8. The second kappa shape index (κ2) is 7.10. The zero-order valence-corrected chi connectivity index (χ0v) is 18.2. The van der Waals surface area contributed by atoms with Crippen LogP contribution in [-0.2, 0) is 21.0 Å². The first-order chi connectivity index (χ1) is 14.2. The minimum Gasteiger partial charge on any atom is -0.390 e. The van der Waals surface area contributed by atoms with E-state index in [2.05, 4.69) is 5.32 Å². The summed E-state index contributed by atoms with van der Waals surface area (Å²) in [6.45, 7) is 2.37. The van der Waals surface area contributed by atoms with Crippen LogP contribution < -0.4 is 10.0 Å². The van der Waals surface area contributed by atoms with Crippen LogP contribution in [0, 0.1) is 17.8 Å². The Balaban J connectivity index is 1.52. The number of carbonyl (C=O) groups is 1. The molecule has 3 N–H and O–H groups in total. The van der Waals surface area contributed by atoms with Gasteiger partial charge in [-0.15, -0.1) is 0 Å². The SMILES string of the molecule is CC(C)(C(=O)NC1C2CC3CC1CC(O)(C3)C2)S(=O)(=O)Nc1ccccc1C(F)(F)F. The normalized spacial score (nSPS) is 32.7. The molecule has 1 aromatic rings. The zero-order valence-electron chi connectivity index (χ0n) is 17.4. The Morgan fingerprint density at radius 3 is 2.23 bits per heavy atom. The van der Waals surface area contributed by atoms with Gasteiger partial charge in [0.1, 0.15) is 0 Å². The smallest absolute Gasteiger partial charge is 0.390 e. The monoisotopic (exact) mass is 460 g/mol. The fraction of sp³-hybridized carbons (Fsp3) is 0.667. The van der Waals surface area contributed by atoms with Crippen LogP contribution in [-0.4, -0.2) is 35.8 Å². The minimum atomic E-state index is -4.74. The summed E-state index contributed by atoms with van der Waals surface area (Å²) in [6, 6.07) is 4.02. The molecule has 0 aromatic heterocycles. The maximum atomic E-state index is 13.3. The summed E-state index contributed by atoms with van der Waals surface area (Å²) in [4.78, 5) is 13.0. The van der Waals surface area contributed by atoms with E-state index in [1.165, 1.54) is 26.0 Å². The summed E-state index contributed by atoms with van der Waals surface area (Å²) in [7, 11) is -4.49. The van der Waals surface area contributed by atoms with E-state index in [1.54, 1.807) is 0 Å². The van der Waals surface area contributed by atoms with Gasteiger partial charge in [-0.1, -0.05) is 12.1 Å². The molecule has 6 nitrogen and oxygen atoms in total. The molecule has 2 unspecified atom stereocenters. The van der Waals surface area contributed by atoms with Gasteiger partial charge in [0.05, 0.1) is 16.9 Å². The Bertz CT molecular complexity index is 977. The molecular weight excluding hydrogens is 433 g/mol. The molecule has 4 aliphatic carbocycles. The van der Waals surface area contributed by atoms with Crippen molar-refractivity contribution in [3.8, 4) is 0 Å². The molecule has 4 aliphatic rings. The van der Waals surface area contributed by atoms with Crippen LogP contribution in [0.2, 0.25) is 0 Å². The van der Waals surface area contributed by atoms with E-state index in [9.17, 15) is 31.5 Å². The predicted molar refractivity (Wildman–Crippen MR) is 109 cm³/mol. The number of rotatable bonds is 5. The maximum Gasteiger partial charge on any atom is 0.418 e. The van der Waals surface area contributed by atoms with Gasteiger partial charge < -0.3 is 10.4 Å². The Hall–Kier alpha value is -1.81. The van der Waals surface area contributed by atoms with Crippen LogP contribution in [0.1, 0.15) is 51.5 Å². The third kappa shape index (κ3) is 3.92. The molecule has 4 saturated carbocycles. The molecule has 4 bridgehead atoms. The third-order valence-electron chi connectivity index (χ3n) is 7.23. The number of anilines is 1. The molecule has 4 fully saturated rings. The lowest BCUT2D eigenvalue weighted by atomic mass is 9.52. The minimum absolute atomic E-state index is 0.0811. The highest BCUT2D eigenvalue weighted by Gasteiger charge is 2.56. The first kappa shape index (κ1) is 22.4. The number of aliphatic hydroxyl groups is 1. The van der Waals surface area contributed by atoms with Crippen molar-refractivity contribution in [1.29, 1.82) is 0 Å². The highest BCUT2D eigenvalue weighted by molar-refractivity contribution is 7.94. The number of carbonyl (C=O) groups excluding carboxylic acids is 1. The summed E-state index contributed by atoms with van der Waals surface area (Å²) < 4.78 is 65.6. The number of nitrogens with one attached hydrogen (secondary N) is 2. The van der Waals surface area contributed by atoms with Gasteiger partial charge in [-0.25, -0.2) is 8.42 Å². The Morgan fingerprint density at radius 1 is 1.10 bits per heavy atom. The van der Waals surface area contributed by atoms with Crippen LogP contribution in [0.15, 0.2) is 24.3 Å². The molecule has 0 aliphatic heterocycles. The van der Waals surface area contributed by atoms with Crippen molar-refractivity contribution in [2.45, 2.75) is 68.5 Å². The Labute approximate surface area is 179 Å². The van der Waals surface area contributed by atoms with Gasteiger partial charge in [0.25, 0.3) is 0 Å². The number of para-hydroxylation sites is 1. The van der Waals surface area contributed by atoms with E-state index in [-0.39, 0.29) is 17.9 Å². The van der Waals surface area contributed by atoms with Gasteiger partial charge in [0.15, 0.2) is 4.75 Å². The van der Waals surface area contributed by atoms with Gasteiger partial charge in [0.2, 0.25) is 15.9 Å². The van der Waals surface area contributed by atoms with E-state index in [0.717, 1.165) is 31.4 Å². The van der Waals surface area contributed by atoms with E-state index in [4.69, 9.17) is 0 Å². The van der Waals surface area contributed by atoms with Crippen LogP contribution >= 0.6 is 0 Å². The largest absolute Gasteiger partial charge is 0.418 e. The van der Waals surface area contributed by atoms with Crippen molar-refractivity contribution >= 4 is 21.6 Å². The standard InChI is InChI=1S/C21H27F3N2O4S/c1-19(2,31(29,30)26-16-6-4-3-5-15(16)21(22,23)24)18(27)25-17-13-7-12-8-14(17)11-20(28,9-12)10-13/h3-6,12-14,17,26,28H,7-11H2,1-2H3,(H,25,27). The molecule has 31 heavy (non-hydrogen) atoms. The molecule has 0 radical (unpaired) electrons. The fourth-order valence-electron chi connectivity index (χ4n) is 5.76. The van der Waals surface area contributed by atoms with Crippen molar-refractivity contribution in [2.75, 3.05) is 4.72 Å². The van der Waals surface area contributed by atoms with Crippen molar-refractivity contribution < 1.29 is 31.5 Å². The molecule has 2 atom stereocenters. The average molecular weight is 461 g/mol. The number of hydrogen-bond donors (Lipinski definition) is 3. The summed E-state index contributed by atoms with van der Waals surface area (Å²) in [5.41, 5.74) is -2.43. The van der Waals surface area contributed by atoms with Crippen molar-refractivity contribution in [2.24, 2.45) is 17.8 Å². The summed E-state index contributed by atoms with van der Waals surface area (Å²) >= 11 is 0.